The molecule has 1 saturated carbocycles. The summed E-state index contributed by atoms with van der Waals surface area (Å²) in [5, 5.41) is 15.7. The maximum Gasteiger partial charge on any atom is 0.237 e. The molecule has 0 aromatic rings. The number of carbonyl (C=O) groups is 1. The van der Waals surface area contributed by atoms with E-state index in [0.29, 0.717) is 11.8 Å². The first-order valence-corrected chi connectivity index (χ1v) is 7.49. The van der Waals surface area contributed by atoms with Crippen molar-refractivity contribution in [2.45, 2.75) is 65.0 Å². The largest absolute Gasteiger partial charge is 0.396 e. The summed E-state index contributed by atoms with van der Waals surface area (Å²) >= 11 is 0. The topological polar surface area (TPSA) is 61.4 Å². The minimum absolute atomic E-state index is 0.0452. The molecule has 1 aliphatic rings. The lowest BCUT2D eigenvalue weighted by Gasteiger charge is -2.31. The highest BCUT2D eigenvalue weighted by atomic mass is 16.3. The Kier molecular flexibility index (Phi) is 6.27. The Labute approximate surface area is 117 Å². The second-order valence-electron chi connectivity index (χ2n) is 6.86. The van der Waals surface area contributed by atoms with Crippen molar-refractivity contribution >= 4 is 5.91 Å². The highest BCUT2D eigenvalue weighted by Gasteiger charge is 2.26. The van der Waals surface area contributed by atoms with Crippen LogP contribution in [0.25, 0.3) is 0 Å². The van der Waals surface area contributed by atoms with Crippen molar-refractivity contribution in [2.24, 2.45) is 11.8 Å². The van der Waals surface area contributed by atoms with E-state index in [2.05, 4.69) is 10.6 Å². The summed E-state index contributed by atoms with van der Waals surface area (Å²) < 4.78 is 0. The normalized spacial score (nSPS) is 25.9. The van der Waals surface area contributed by atoms with Gasteiger partial charge in [-0.1, -0.05) is 12.8 Å². The lowest BCUT2D eigenvalue weighted by molar-refractivity contribution is -0.124. The predicted octanol–water partition coefficient (Wildman–Crippen LogP) is 1.68. The van der Waals surface area contributed by atoms with Gasteiger partial charge in [0, 0.05) is 12.1 Å². The average Bonchev–Trinajstić information content (AvgIpc) is 2.34. The third-order valence-electron chi connectivity index (χ3n) is 3.88. The number of carbonyl (C=O) groups excluding carboxylic acids is 1. The molecule has 0 bridgehead atoms. The van der Waals surface area contributed by atoms with E-state index in [1.165, 1.54) is 12.8 Å². The molecule has 1 aliphatic carbocycles. The van der Waals surface area contributed by atoms with E-state index < -0.39 is 0 Å². The van der Waals surface area contributed by atoms with Gasteiger partial charge in [-0.25, -0.2) is 0 Å². The first kappa shape index (κ1) is 16.4. The van der Waals surface area contributed by atoms with E-state index in [0.717, 1.165) is 19.4 Å². The van der Waals surface area contributed by atoms with E-state index in [1.54, 1.807) is 0 Å². The van der Waals surface area contributed by atoms with Gasteiger partial charge in [-0.3, -0.25) is 4.79 Å². The Balaban J connectivity index is 2.36. The molecule has 0 aliphatic heterocycles. The standard InChI is InChI=1S/C15H30N2O2/c1-11(14(19)17-15(2,3)4)16-9-12-7-5-6-8-13(12)10-18/h11-13,16,18H,5-10H2,1-4H3,(H,17,19). The fourth-order valence-corrected chi connectivity index (χ4v) is 2.69. The molecule has 3 unspecified atom stereocenters. The summed E-state index contributed by atoms with van der Waals surface area (Å²) in [6.07, 6.45) is 4.74. The van der Waals surface area contributed by atoms with Crippen molar-refractivity contribution in [1.29, 1.82) is 0 Å². The van der Waals surface area contributed by atoms with Gasteiger partial charge in [0.1, 0.15) is 0 Å². The van der Waals surface area contributed by atoms with Gasteiger partial charge in [-0.15, -0.1) is 0 Å². The molecule has 4 heteroatoms. The van der Waals surface area contributed by atoms with Gasteiger partial charge >= 0.3 is 0 Å². The number of aliphatic hydroxyl groups is 1. The summed E-state index contributed by atoms with van der Waals surface area (Å²) in [5.74, 6) is 0.951. The maximum atomic E-state index is 12.0. The second kappa shape index (κ2) is 7.25. The molecule has 1 rings (SSSR count). The zero-order valence-electron chi connectivity index (χ0n) is 12.8. The van der Waals surface area contributed by atoms with Crippen LogP contribution in [0.3, 0.4) is 0 Å². The summed E-state index contributed by atoms with van der Waals surface area (Å²) in [6.45, 7) is 8.96. The molecule has 1 fully saturated rings. The van der Waals surface area contributed by atoms with E-state index in [-0.39, 0.29) is 24.1 Å². The van der Waals surface area contributed by atoms with Crippen molar-refractivity contribution in [1.82, 2.24) is 10.6 Å². The average molecular weight is 270 g/mol. The third-order valence-corrected chi connectivity index (χ3v) is 3.88. The fraction of sp³-hybridized carbons (Fsp3) is 0.933. The Hall–Kier alpha value is -0.610. The zero-order chi connectivity index (χ0) is 14.5. The van der Waals surface area contributed by atoms with Crippen LogP contribution in [0, 0.1) is 11.8 Å². The van der Waals surface area contributed by atoms with Crippen LogP contribution in [-0.2, 0) is 4.79 Å². The summed E-state index contributed by atoms with van der Waals surface area (Å²) in [6, 6.07) is -0.180. The van der Waals surface area contributed by atoms with Crippen molar-refractivity contribution < 1.29 is 9.90 Å². The Morgan fingerprint density at radius 3 is 2.37 bits per heavy atom. The number of amides is 1. The van der Waals surface area contributed by atoms with Crippen LogP contribution < -0.4 is 10.6 Å². The second-order valence-corrected chi connectivity index (χ2v) is 6.86. The van der Waals surface area contributed by atoms with Gasteiger partial charge in [0.2, 0.25) is 5.91 Å². The third kappa shape index (κ3) is 5.91. The van der Waals surface area contributed by atoms with E-state index in [1.807, 2.05) is 27.7 Å². The monoisotopic (exact) mass is 270 g/mol. The van der Waals surface area contributed by atoms with Crippen LogP contribution in [-0.4, -0.2) is 35.7 Å². The zero-order valence-corrected chi connectivity index (χ0v) is 12.8. The molecule has 19 heavy (non-hydrogen) atoms. The van der Waals surface area contributed by atoms with E-state index >= 15 is 0 Å². The molecule has 0 aromatic carbocycles. The lowest BCUT2D eigenvalue weighted by atomic mass is 9.79. The number of aliphatic hydroxyl groups excluding tert-OH is 1. The molecule has 0 aromatic heterocycles. The molecule has 0 spiro atoms. The molecule has 1 amide bonds. The lowest BCUT2D eigenvalue weighted by Crippen LogP contribution is -2.50. The first-order valence-electron chi connectivity index (χ1n) is 7.49. The van der Waals surface area contributed by atoms with Crippen molar-refractivity contribution in [3.05, 3.63) is 0 Å². The molecular formula is C15H30N2O2. The Morgan fingerprint density at radius 1 is 1.26 bits per heavy atom. The van der Waals surface area contributed by atoms with Gasteiger partial charge in [0.25, 0.3) is 0 Å². The van der Waals surface area contributed by atoms with E-state index in [4.69, 9.17) is 0 Å². The summed E-state index contributed by atoms with van der Waals surface area (Å²) in [7, 11) is 0. The van der Waals surface area contributed by atoms with Gasteiger partial charge in [-0.2, -0.15) is 0 Å². The predicted molar refractivity (Wildman–Crippen MR) is 77.9 cm³/mol. The minimum atomic E-state index is -0.189. The highest BCUT2D eigenvalue weighted by Crippen LogP contribution is 2.29. The number of rotatable bonds is 5. The van der Waals surface area contributed by atoms with Gasteiger partial charge in [0.05, 0.1) is 6.04 Å². The summed E-state index contributed by atoms with van der Waals surface area (Å²) in [4.78, 5) is 12.0. The molecule has 0 saturated heterocycles. The fourth-order valence-electron chi connectivity index (χ4n) is 2.69. The molecule has 4 nitrogen and oxygen atoms in total. The number of hydrogen-bond donors (Lipinski definition) is 3. The smallest absolute Gasteiger partial charge is 0.237 e. The summed E-state index contributed by atoms with van der Waals surface area (Å²) in [5.41, 5.74) is -0.189. The molecular weight excluding hydrogens is 240 g/mol. The van der Waals surface area contributed by atoms with E-state index in [9.17, 15) is 9.90 Å². The van der Waals surface area contributed by atoms with Crippen LogP contribution in [0.2, 0.25) is 0 Å². The van der Waals surface area contributed by atoms with Crippen LogP contribution >= 0.6 is 0 Å². The van der Waals surface area contributed by atoms with Crippen molar-refractivity contribution in [3.63, 3.8) is 0 Å². The maximum absolute atomic E-state index is 12.0. The number of hydrogen-bond acceptors (Lipinski definition) is 3. The van der Waals surface area contributed by atoms with Crippen molar-refractivity contribution in [2.75, 3.05) is 13.2 Å². The Bertz CT molecular complexity index is 286. The molecule has 0 radical (unpaired) electrons. The highest BCUT2D eigenvalue weighted by molar-refractivity contribution is 5.81. The van der Waals surface area contributed by atoms with Gasteiger partial charge < -0.3 is 15.7 Å². The SMILES string of the molecule is CC(NCC1CCCCC1CO)C(=O)NC(C)(C)C. The molecule has 112 valence electrons. The minimum Gasteiger partial charge on any atom is -0.396 e. The Morgan fingerprint density at radius 2 is 1.84 bits per heavy atom. The quantitative estimate of drug-likeness (QED) is 0.712. The van der Waals surface area contributed by atoms with Crippen LogP contribution in [0.5, 0.6) is 0 Å². The van der Waals surface area contributed by atoms with Crippen LogP contribution in [0.4, 0.5) is 0 Å². The van der Waals surface area contributed by atoms with Crippen LogP contribution in [0.15, 0.2) is 0 Å². The van der Waals surface area contributed by atoms with Crippen LogP contribution in [0.1, 0.15) is 53.4 Å². The molecule has 3 N–H and O–H groups in total. The number of nitrogens with one attached hydrogen (secondary N) is 2. The van der Waals surface area contributed by atoms with Gasteiger partial charge in [-0.05, 0) is 58.9 Å². The first-order chi connectivity index (χ1) is 8.83. The van der Waals surface area contributed by atoms with Gasteiger partial charge in [0.15, 0.2) is 0 Å². The molecule has 0 heterocycles. The molecule has 3 atom stereocenters. The van der Waals surface area contributed by atoms with Crippen molar-refractivity contribution in [3.8, 4) is 0 Å².